The second kappa shape index (κ2) is 25.4. The number of nitrogens with one attached hydrogen (secondary N) is 1. The summed E-state index contributed by atoms with van der Waals surface area (Å²) in [5.41, 5.74) is 0. The highest BCUT2D eigenvalue weighted by molar-refractivity contribution is 5.83. The second-order valence-electron chi connectivity index (χ2n) is 7.99. The van der Waals surface area contributed by atoms with Crippen molar-refractivity contribution in [2.24, 2.45) is 4.99 Å². The Morgan fingerprint density at radius 2 is 1.07 bits per heavy atom. The number of carboxylic acids is 2. The van der Waals surface area contributed by atoms with Crippen LogP contribution in [0.15, 0.2) is 4.99 Å². The van der Waals surface area contributed by atoms with E-state index in [1.165, 1.54) is 109 Å². The number of carboxylic acid groups (broad SMARTS) is 2. The Hall–Kier alpha value is -1.59. The van der Waals surface area contributed by atoms with Crippen molar-refractivity contribution >= 4 is 17.8 Å². The zero-order valence-corrected chi connectivity index (χ0v) is 19.9. The maximum Gasteiger partial charge on any atom is 0.300 e. The largest absolute Gasteiger partial charge is 0.481 e. The minimum absolute atomic E-state index is 0.833. The summed E-state index contributed by atoms with van der Waals surface area (Å²) in [5.74, 6) is -0.408. The Bertz CT molecular complexity index is 405. The first-order valence-electron chi connectivity index (χ1n) is 12.1. The summed E-state index contributed by atoms with van der Waals surface area (Å²) in [6.07, 6.45) is 22.8. The SMILES string of the molecule is CC(=O)O.CC(=O)O.CCCCCCCCCCCCCCCCCC1=NCCN1. The lowest BCUT2D eigenvalue weighted by atomic mass is 10.0. The average Bonchev–Trinajstić information content (AvgIpc) is 3.17. The van der Waals surface area contributed by atoms with Gasteiger partial charge in [0.25, 0.3) is 11.9 Å². The Morgan fingerprint density at radius 1 is 0.733 bits per heavy atom. The molecule has 30 heavy (non-hydrogen) atoms. The van der Waals surface area contributed by atoms with Crippen molar-refractivity contribution < 1.29 is 19.8 Å². The van der Waals surface area contributed by atoms with E-state index >= 15 is 0 Å². The fourth-order valence-corrected chi connectivity index (χ4v) is 3.28. The molecule has 0 saturated carbocycles. The maximum atomic E-state index is 9.00. The Morgan fingerprint density at radius 3 is 1.37 bits per heavy atom. The van der Waals surface area contributed by atoms with Gasteiger partial charge in [0.1, 0.15) is 0 Å². The molecule has 6 heteroatoms. The van der Waals surface area contributed by atoms with Crippen LogP contribution in [0.5, 0.6) is 0 Å². The highest BCUT2D eigenvalue weighted by Gasteiger charge is 2.03. The Balaban J connectivity index is 0. The van der Waals surface area contributed by atoms with Gasteiger partial charge in [-0.1, -0.05) is 96.8 Å². The molecule has 0 unspecified atom stereocenters. The molecule has 0 aromatic carbocycles. The molecule has 0 aromatic heterocycles. The Kier molecular flexibility index (Phi) is 26.0. The van der Waals surface area contributed by atoms with Crippen LogP contribution in [0.1, 0.15) is 124 Å². The molecular formula is C24H48N2O4. The van der Waals surface area contributed by atoms with E-state index in [9.17, 15) is 0 Å². The summed E-state index contributed by atoms with van der Waals surface area (Å²) in [6.45, 7) is 6.52. The van der Waals surface area contributed by atoms with Crippen molar-refractivity contribution in [2.45, 2.75) is 124 Å². The van der Waals surface area contributed by atoms with E-state index in [0.29, 0.717) is 0 Å². The lowest BCUT2D eigenvalue weighted by Crippen LogP contribution is -2.17. The number of hydrogen-bond acceptors (Lipinski definition) is 4. The predicted molar refractivity (Wildman–Crippen MR) is 126 cm³/mol. The van der Waals surface area contributed by atoms with Crippen LogP contribution in [-0.4, -0.2) is 41.1 Å². The number of amidine groups is 1. The molecule has 1 aliphatic heterocycles. The number of carbonyl (C=O) groups is 2. The first-order valence-corrected chi connectivity index (χ1v) is 12.1. The average molecular weight is 429 g/mol. The molecule has 0 atom stereocenters. The third kappa shape index (κ3) is 34.0. The molecule has 0 fully saturated rings. The summed E-state index contributed by atoms with van der Waals surface area (Å²) in [6, 6.07) is 0. The van der Waals surface area contributed by atoms with Gasteiger partial charge in [0.05, 0.1) is 12.4 Å². The molecule has 0 radical (unpaired) electrons. The maximum absolute atomic E-state index is 9.00. The first-order chi connectivity index (χ1) is 14.4. The van der Waals surface area contributed by atoms with Crippen LogP contribution in [-0.2, 0) is 9.59 Å². The molecule has 6 nitrogen and oxygen atoms in total. The monoisotopic (exact) mass is 428 g/mol. The van der Waals surface area contributed by atoms with Crippen molar-refractivity contribution in [1.82, 2.24) is 5.32 Å². The van der Waals surface area contributed by atoms with Gasteiger partial charge >= 0.3 is 0 Å². The first kappa shape index (κ1) is 30.6. The van der Waals surface area contributed by atoms with Crippen LogP contribution in [0.25, 0.3) is 0 Å². The standard InChI is InChI=1S/C20H40N2.2C2H4O2/c1-2-3-4-5-6-7-8-9-10-11-12-13-14-15-16-17-20-21-18-19-22-20;2*1-2(3)4/h2-19H2,1H3,(H,21,22);2*1H3,(H,3,4). The lowest BCUT2D eigenvalue weighted by molar-refractivity contribution is -0.135. The molecule has 0 spiro atoms. The minimum atomic E-state index is -0.833. The van der Waals surface area contributed by atoms with Crippen LogP contribution < -0.4 is 5.32 Å². The van der Waals surface area contributed by atoms with Crippen molar-refractivity contribution in [3.63, 3.8) is 0 Å². The number of unbranched alkanes of at least 4 members (excludes halogenated alkanes) is 14. The molecule has 3 N–H and O–H groups in total. The van der Waals surface area contributed by atoms with E-state index < -0.39 is 11.9 Å². The molecule has 1 rings (SSSR count). The van der Waals surface area contributed by atoms with E-state index in [2.05, 4.69) is 17.2 Å². The third-order valence-electron chi connectivity index (χ3n) is 4.76. The van der Waals surface area contributed by atoms with Gasteiger partial charge < -0.3 is 15.5 Å². The fraction of sp³-hybridized carbons (Fsp3) is 0.875. The summed E-state index contributed by atoms with van der Waals surface area (Å²) >= 11 is 0. The third-order valence-corrected chi connectivity index (χ3v) is 4.76. The molecule has 0 saturated heterocycles. The second-order valence-corrected chi connectivity index (χ2v) is 7.99. The quantitative estimate of drug-likeness (QED) is 0.246. The summed E-state index contributed by atoms with van der Waals surface area (Å²) in [7, 11) is 0. The van der Waals surface area contributed by atoms with Gasteiger partial charge in [0.15, 0.2) is 0 Å². The molecular weight excluding hydrogens is 380 g/mol. The molecule has 0 amide bonds. The summed E-state index contributed by atoms with van der Waals surface area (Å²) < 4.78 is 0. The van der Waals surface area contributed by atoms with Crippen LogP contribution in [0.3, 0.4) is 0 Å². The van der Waals surface area contributed by atoms with Crippen LogP contribution in [0, 0.1) is 0 Å². The number of hydrogen-bond donors (Lipinski definition) is 3. The van der Waals surface area contributed by atoms with E-state index in [1.807, 2.05) is 0 Å². The van der Waals surface area contributed by atoms with Crippen molar-refractivity contribution in [3.05, 3.63) is 0 Å². The van der Waals surface area contributed by atoms with Gasteiger partial charge in [-0.05, 0) is 6.42 Å². The normalized spacial score (nSPS) is 12.0. The van der Waals surface area contributed by atoms with Crippen LogP contribution in [0.4, 0.5) is 0 Å². The van der Waals surface area contributed by atoms with Crippen molar-refractivity contribution in [1.29, 1.82) is 0 Å². The van der Waals surface area contributed by atoms with Gasteiger partial charge in [-0.25, -0.2) is 0 Å². The summed E-state index contributed by atoms with van der Waals surface area (Å²) in [5, 5.41) is 18.2. The van der Waals surface area contributed by atoms with Gasteiger partial charge in [0, 0.05) is 26.8 Å². The highest BCUT2D eigenvalue weighted by Crippen LogP contribution is 2.13. The van der Waals surface area contributed by atoms with E-state index in [1.54, 1.807) is 0 Å². The van der Waals surface area contributed by atoms with Crippen molar-refractivity contribution in [3.8, 4) is 0 Å². The molecule has 0 aromatic rings. The zero-order chi connectivity index (χ0) is 22.9. The fourth-order valence-electron chi connectivity index (χ4n) is 3.28. The Labute approximate surface area is 184 Å². The van der Waals surface area contributed by atoms with E-state index in [4.69, 9.17) is 19.8 Å². The number of aliphatic carboxylic acids is 2. The van der Waals surface area contributed by atoms with Crippen LogP contribution >= 0.6 is 0 Å². The number of nitrogens with zero attached hydrogens (tertiary/aromatic N) is 1. The minimum Gasteiger partial charge on any atom is -0.481 e. The van der Waals surface area contributed by atoms with E-state index in [0.717, 1.165) is 26.9 Å². The molecule has 1 aliphatic rings. The smallest absolute Gasteiger partial charge is 0.300 e. The molecule has 0 bridgehead atoms. The lowest BCUT2D eigenvalue weighted by Gasteiger charge is -2.04. The molecule has 1 heterocycles. The topological polar surface area (TPSA) is 99.0 Å². The van der Waals surface area contributed by atoms with Gasteiger partial charge in [-0.2, -0.15) is 0 Å². The van der Waals surface area contributed by atoms with Gasteiger partial charge in [-0.3, -0.25) is 14.6 Å². The van der Waals surface area contributed by atoms with E-state index in [-0.39, 0.29) is 0 Å². The summed E-state index contributed by atoms with van der Waals surface area (Å²) in [4.78, 5) is 22.4. The highest BCUT2D eigenvalue weighted by atomic mass is 16.4. The zero-order valence-electron chi connectivity index (χ0n) is 19.9. The number of aliphatic imine (C=N–C) groups is 1. The predicted octanol–water partition coefficient (Wildman–Crippen LogP) is 6.43. The number of rotatable bonds is 16. The van der Waals surface area contributed by atoms with Crippen LogP contribution in [0.2, 0.25) is 0 Å². The van der Waals surface area contributed by atoms with Crippen molar-refractivity contribution in [2.75, 3.05) is 13.1 Å². The molecule has 0 aliphatic carbocycles. The molecule has 178 valence electrons. The van der Waals surface area contributed by atoms with Gasteiger partial charge in [0.2, 0.25) is 0 Å². The van der Waals surface area contributed by atoms with Gasteiger partial charge in [-0.15, -0.1) is 0 Å².